The van der Waals surface area contributed by atoms with Gasteiger partial charge in [0, 0.05) is 12.0 Å². The average Bonchev–Trinajstić information content (AvgIpc) is 2.50. The quantitative estimate of drug-likeness (QED) is 0.801. The normalized spacial score (nSPS) is 13.7. The number of alkyl halides is 3. The van der Waals surface area contributed by atoms with Gasteiger partial charge in [-0.2, -0.15) is 13.2 Å². The van der Waals surface area contributed by atoms with Crippen molar-refractivity contribution in [3.63, 3.8) is 0 Å². The first kappa shape index (κ1) is 22.8. The molecule has 27 heavy (non-hydrogen) atoms. The van der Waals surface area contributed by atoms with E-state index in [0.717, 1.165) is 12.1 Å². The van der Waals surface area contributed by atoms with E-state index < -0.39 is 40.8 Å². The molecule has 1 aromatic rings. The number of hydrogen-bond donors (Lipinski definition) is 2. The zero-order valence-electron chi connectivity index (χ0n) is 16.5. The molecule has 152 valence electrons. The van der Waals surface area contributed by atoms with Gasteiger partial charge in [-0.1, -0.05) is 32.0 Å². The molecule has 0 radical (unpaired) electrons. The van der Waals surface area contributed by atoms with Crippen molar-refractivity contribution in [3.8, 4) is 0 Å². The predicted octanol–water partition coefficient (Wildman–Crippen LogP) is 4.01. The van der Waals surface area contributed by atoms with Crippen LogP contribution in [0.4, 0.5) is 18.0 Å². The van der Waals surface area contributed by atoms with E-state index in [2.05, 4.69) is 10.6 Å². The first-order valence-electron chi connectivity index (χ1n) is 8.57. The van der Waals surface area contributed by atoms with Crippen LogP contribution in [0.15, 0.2) is 24.3 Å². The summed E-state index contributed by atoms with van der Waals surface area (Å²) in [5.41, 5.74) is -1.71. The second kappa shape index (κ2) is 8.19. The summed E-state index contributed by atoms with van der Waals surface area (Å²) in [5, 5.41) is 5.08. The highest BCUT2D eigenvalue weighted by atomic mass is 19.4. The molecule has 0 heterocycles. The smallest absolute Gasteiger partial charge is 0.416 e. The molecule has 1 unspecified atom stereocenters. The van der Waals surface area contributed by atoms with Gasteiger partial charge in [0.25, 0.3) is 0 Å². The summed E-state index contributed by atoms with van der Waals surface area (Å²) < 4.78 is 43.8. The number of halogens is 3. The second-order valence-electron chi connectivity index (χ2n) is 8.05. The minimum atomic E-state index is -4.43. The summed E-state index contributed by atoms with van der Waals surface area (Å²) in [4.78, 5) is 23.9. The van der Waals surface area contributed by atoms with E-state index >= 15 is 0 Å². The van der Waals surface area contributed by atoms with Crippen molar-refractivity contribution in [1.82, 2.24) is 10.6 Å². The van der Waals surface area contributed by atoms with Crippen molar-refractivity contribution in [1.29, 1.82) is 0 Å². The molecular formula is C19H27F3N2O3. The minimum Gasteiger partial charge on any atom is -0.444 e. The molecule has 0 bridgehead atoms. The second-order valence-corrected chi connectivity index (χ2v) is 8.05. The van der Waals surface area contributed by atoms with Crippen LogP contribution in [-0.2, 0) is 21.1 Å². The number of rotatable bonds is 5. The van der Waals surface area contributed by atoms with Gasteiger partial charge in [-0.05, 0) is 39.3 Å². The van der Waals surface area contributed by atoms with Crippen LogP contribution in [0.3, 0.4) is 0 Å². The van der Waals surface area contributed by atoms with Gasteiger partial charge in [0.1, 0.15) is 11.6 Å². The Labute approximate surface area is 157 Å². The number of carbonyl (C=O) groups is 2. The Morgan fingerprint density at radius 2 is 1.63 bits per heavy atom. The average molecular weight is 388 g/mol. The third-order valence-corrected chi connectivity index (χ3v) is 3.80. The Morgan fingerprint density at radius 1 is 1.07 bits per heavy atom. The van der Waals surface area contributed by atoms with Crippen LogP contribution < -0.4 is 10.6 Å². The molecule has 2 amide bonds. The first-order chi connectivity index (χ1) is 12.1. The minimum absolute atomic E-state index is 0.105. The third kappa shape index (κ3) is 7.48. The van der Waals surface area contributed by atoms with Gasteiger partial charge in [-0.3, -0.25) is 4.79 Å². The maximum Gasteiger partial charge on any atom is 0.416 e. The number of alkyl carbamates (subject to hydrolysis) is 1. The summed E-state index contributed by atoms with van der Waals surface area (Å²) in [5.74, 6) is -0.457. The Bertz CT molecular complexity index is 680. The van der Waals surface area contributed by atoms with Crippen molar-refractivity contribution in [2.45, 2.75) is 64.8 Å². The standard InChI is InChI=1S/C19H27F3N2O3/c1-12(24-16(26)27-17(2,3)4)15(25)23-11-18(5,6)13-8-7-9-14(10-13)19(20,21)22/h7-10,12H,11H2,1-6H3,(H,23,25)(H,24,26). The number of hydrogen-bond acceptors (Lipinski definition) is 3. The van der Waals surface area contributed by atoms with Crippen molar-refractivity contribution < 1.29 is 27.5 Å². The molecule has 0 aliphatic heterocycles. The summed E-state index contributed by atoms with van der Waals surface area (Å²) >= 11 is 0. The van der Waals surface area contributed by atoms with Crippen LogP contribution in [0.1, 0.15) is 52.7 Å². The number of ether oxygens (including phenoxy) is 1. The SMILES string of the molecule is CC(NC(=O)OC(C)(C)C)C(=O)NCC(C)(C)c1cccc(C(F)(F)F)c1. The number of benzene rings is 1. The molecule has 0 aliphatic rings. The highest BCUT2D eigenvalue weighted by Crippen LogP contribution is 2.32. The van der Waals surface area contributed by atoms with Crippen LogP contribution in [0.5, 0.6) is 0 Å². The molecule has 2 N–H and O–H groups in total. The topological polar surface area (TPSA) is 67.4 Å². The van der Waals surface area contributed by atoms with E-state index in [4.69, 9.17) is 4.74 Å². The van der Waals surface area contributed by atoms with Gasteiger partial charge < -0.3 is 15.4 Å². The van der Waals surface area contributed by atoms with Crippen molar-refractivity contribution >= 4 is 12.0 Å². The Balaban J connectivity index is 2.70. The molecule has 0 saturated carbocycles. The van der Waals surface area contributed by atoms with E-state index in [1.165, 1.54) is 13.0 Å². The molecule has 0 aliphatic carbocycles. The lowest BCUT2D eigenvalue weighted by molar-refractivity contribution is -0.137. The monoisotopic (exact) mass is 388 g/mol. The largest absolute Gasteiger partial charge is 0.444 e. The van der Waals surface area contributed by atoms with Crippen molar-refractivity contribution in [3.05, 3.63) is 35.4 Å². The molecular weight excluding hydrogens is 361 g/mol. The Kier molecular flexibility index (Phi) is 6.91. The molecule has 1 atom stereocenters. The maximum atomic E-state index is 12.9. The van der Waals surface area contributed by atoms with Gasteiger partial charge in [0.05, 0.1) is 5.56 Å². The fourth-order valence-corrected chi connectivity index (χ4v) is 2.23. The van der Waals surface area contributed by atoms with Gasteiger partial charge in [-0.15, -0.1) is 0 Å². The lowest BCUT2D eigenvalue weighted by atomic mass is 9.83. The van der Waals surface area contributed by atoms with Gasteiger partial charge in [-0.25, -0.2) is 4.79 Å². The van der Waals surface area contributed by atoms with Crippen LogP contribution in [0.2, 0.25) is 0 Å². The number of carbonyl (C=O) groups excluding carboxylic acids is 2. The third-order valence-electron chi connectivity index (χ3n) is 3.80. The zero-order chi connectivity index (χ0) is 21.0. The van der Waals surface area contributed by atoms with Crippen LogP contribution in [-0.4, -0.2) is 30.2 Å². The first-order valence-corrected chi connectivity index (χ1v) is 8.57. The molecule has 0 saturated heterocycles. The van der Waals surface area contributed by atoms with Gasteiger partial charge in [0.15, 0.2) is 0 Å². The van der Waals surface area contributed by atoms with E-state index in [1.807, 2.05) is 0 Å². The molecule has 1 rings (SSSR count). The molecule has 1 aromatic carbocycles. The lowest BCUT2D eigenvalue weighted by Crippen LogP contribution is -2.48. The van der Waals surface area contributed by atoms with Crippen LogP contribution in [0, 0.1) is 0 Å². The van der Waals surface area contributed by atoms with Crippen LogP contribution in [0.25, 0.3) is 0 Å². The van der Waals surface area contributed by atoms with E-state index in [0.29, 0.717) is 5.56 Å². The highest BCUT2D eigenvalue weighted by molar-refractivity contribution is 5.85. The predicted molar refractivity (Wildman–Crippen MR) is 96.3 cm³/mol. The summed E-state index contributed by atoms with van der Waals surface area (Å²) in [6.45, 7) is 10.2. The van der Waals surface area contributed by atoms with Crippen LogP contribution >= 0.6 is 0 Å². The van der Waals surface area contributed by atoms with E-state index in [1.54, 1.807) is 40.7 Å². The van der Waals surface area contributed by atoms with Gasteiger partial charge in [0.2, 0.25) is 5.91 Å². The maximum absolute atomic E-state index is 12.9. The van der Waals surface area contributed by atoms with E-state index in [-0.39, 0.29) is 6.54 Å². The molecule has 8 heteroatoms. The lowest BCUT2D eigenvalue weighted by Gasteiger charge is -2.27. The number of amides is 2. The highest BCUT2D eigenvalue weighted by Gasteiger charge is 2.32. The summed E-state index contributed by atoms with van der Waals surface area (Å²) in [7, 11) is 0. The molecule has 0 fully saturated rings. The number of nitrogens with one attached hydrogen (secondary N) is 2. The van der Waals surface area contributed by atoms with Crippen molar-refractivity contribution in [2.75, 3.05) is 6.54 Å². The zero-order valence-corrected chi connectivity index (χ0v) is 16.5. The van der Waals surface area contributed by atoms with Gasteiger partial charge >= 0.3 is 12.3 Å². The fraction of sp³-hybridized carbons (Fsp3) is 0.579. The van der Waals surface area contributed by atoms with Crippen molar-refractivity contribution in [2.24, 2.45) is 0 Å². The Morgan fingerprint density at radius 3 is 2.15 bits per heavy atom. The Hall–Kier alpha value is -2.25. The molecule has 0 spiro atoms. The molecule has 0 aromatic heterocycles. The fourth-order valence-electron chi connectivity index (χ4n) is 2.23. The summed E-state index contributed by atoms with van der Waals surface area (Å²) in [6.07, 6.45) is -5.15. The van der Waals surface area contributed by atoms with E-state index in [9.17, 15) is 22.8 Å². The summed E-state index contributed by atoms with van der Waals surface area (Å²) in [6, 6.07) is 4.16. The molecule has 5 nitrogen and oxygen atoms in total.